The maximum Gasteiger partial charge on any atom is -0.0266 e. The molecule has 0 aromatic heterocycles. The lowest BCUT2D eigenvalue weighted by Crippen LogP contribution is -1.83. The first-order valence-electron chi connectivity index (χ1n) is 5.65. The highest BCUT2D eigenvalue weighted by Crippen LogP contribution is 2.02. The summed E-state index contributed by atoms with van der Waals surface area (Å²) < 4.78 is 0. The van der Waals surface area contributed by atoms with Gasteiger partial charge in [0.05, 0.1) is 0 Å². The van der Waals surface area contributed by atoms with Crippen molar-refractivity contribution in [3.8, 4) is 0 Å². The number of hydrogen-bond donors (Lipinski definition) is 0. The van der Waals surface area contributed by atoms with Crippen LogP contribution in [-0.4, -0.2) is 0 Å². The number of hydrogen-bond acceptors (Lipinski definition) is 0. The summed E-state index contributed by atoms with van der Waals surface area (Å²) >= 11 is 0. The molecule has 0 heterocycles. The van der Waals surface area contributed by atoms with Crippen LogP contribution in [0.5, 0.6) is 0 Å². The van der Waals surface area contributed by atoms with Crippen molar-refractivity contribution in [2.24, 2.45) is 5.92 Å². The molecule has 0 N–H and O–H groups in total. The highest BCUT2D eigenvalue weighted by atomic mass is 13.9. The Morgan fingerprint density at radius 3 is 0.857 bits per heavy atom. The first kappa shape index (κ1) is 23.4. The van der Waals surface area contributed by atoms with Crippen molar-refractivity contribution in [1.29, 1.82) is 0 Å². The zero-order valence-electron chi connectivity index (χ0n) is 12.0. The Morgan fingerprint density at radius 2 is 0.857 bits per heavy atom. The second-order valence-corrected chi connectivity index (χ2v) is 3.21. The van der Waals surface area contributed by atoms with E-state index in [1.54, 1.807) is 0 Å². The van der Waals surface area contributed by atoms with Crippen molar-refractivity contribution in [1.82, 2.24) is 0 Å². The molecule has 0 aliphatic heterocycles. The van der Waals surface area contributed by atoms with Gasteiger partial charge in [0.1, 0.15) is 0 Å². The minimum Gasteiger partial charge on any atom is -0.100 e. The minimum absolute atomic E-state index is 0.657. The van der Waals surface area contributed by atoms with Gasteiger partial charge in [-0.1, -0.05) is 59.3 Å². The van der Waals surface area contributed by atoms with E-state index < -0.39 is 0 Å². The van der Waals surface area contributed by atoms with Crippen molar-refractivity contribution in [2.75, 3.05) is 0 Å². The molecular weight excluding hydrogens is 168 g/mol. The Morgan fingerprint density at radius 1 is 0.786 bits per heavy atom. The average Bonchev–Trinajstić information content (AvgIpc) is 2.10. The number of rotatable bonds is 1. The molecule has 0 radical (unpaired) electrons. The van der Waals surface area contributed by atoms with Crippen LogP contribution in [0.3, 0.4) is 0 Å². The quantitative estimate of drug-likeness (QED) is 0.465. The predicted molar refractivity (Wildman–Crippen MR) is 72.8 cm³/mol. The van der Waals surface area contributed by atoms with Crippen LogP contribution in [0, 0.1) is 5.92 Å². The van der Waals surface area contributed by atoms with Crippen LogP contribution in [0.2, 0.25) is 0 Å². The standard InChI is InChI=1S/C6H12.C4H8.2C2H6/c1-5(2)6(3)4;1-4(2)3;2*1-2/h6H,1H2,2-4H3;1H2,2-3H3;2*1-2H3. The molecule has 14 heavy (non-hydrogen) atoms. The van der Waals surface area contributed by atoms with Crippen molar-refractivity contribution in [2.45, 2.75) is 62.3 Å². The first-order valence-corrected chi connectivity index (χ1v) is 5.65. The van der Waals surface area contributed by atoms with Crippen LogP contribution in [0.1, 0.15) is 62.3 Å². The summed E-state index contributed by atoms with van der Waals surface area (Å²) in [6, 6.07) is 0. The molecule has 0 unspecified atom stereocenters. The molecule has 0 heteroatoms. The Hall–Kier alpha value is -0.520. The van der Waals surface area contributed by atoms with Crippen LogP contribution in [0.4, 0.5) is 0 Å². The van der Waals surface area contributed by atoms with Crippen molar-refractivity contribution >= 4 is 0 Å². The third-order valence-corrected chi connectivity index (χ3v) is 0.986. The molecule has 0 amide bonds. The van der Waals surface area contributed by atoms with Gasteiger partial charge in [-0.2, -0.15) is 0 Å². The maximum absolute atomic E-state index is 3.75. The van der Waals surface area contributed by atoms with E-state index in [4.69, 9.17) is 0 Å². The summed E-state index contributed by atoms with van der Waals surface area (Å²) in [5.74, 6) is 0.657. The molecule has 0 nitrogen and oxygen atoms in total. The second kappa shape index (κ2) is 22.9. The molecule has 0 spiro atoms. The summed E-state index contributed by atoms with van der Waals surface area (Å²) in [6.45, 7) is 25.6. The maximum atomic E-state index is 3.75. The van der Waals surface area contributed by atoms with Gasteiger partial charge in [0.25, 0.3) is 0 Å². The van der Waals surface area contributed by atoms with Gasteiger partial charge in [0, 0.05) is 0 Å². The molecule has 0 aliphatic rings. The Bertz CT molecular complexity index is 103. The van der Waals surface area contributed by atoms with Crippen LogP contribution >= 0.6 is 0 Å². The van der Waals surface area contributed by atoms with E-state index in [9.17, 15) is 0 Å². The predicted octanol–water partition coefficient (Wildman–Crippen LogP) is 5.85. The van der Waals surface area contributed by atoms with E-state index in [1.165, 1.54) is 11.1 Å². The van der Waals surface area contributed by atoms with Crippen LogP contribution in [0.25, 0.3) is 0 Å². The van der Waals surface area contributed by atoms with Gasteiger partial charge in [0.15, 0.2) is 0 Å². The summed E-state index contributed by atoms with van der Waals surface area (Å²) in [5.41, 5.74) is 2.43. The van der Waals surface area contributed by atoms with Crippen molar-refractivity contribution in [3.05, 3.63) is 24.3 Å². The summed E-state index contributed by atoms with van der Waals surface area (Å²) in [4.78, 5) is 0. The lowest BCUT2D eigenvalue weighted by atomic mass is 10.1. The fraction of sp³-hybridized carbons (Fsp3) is 0.714. The monoisotopic (exact) mass is 200 g/mol. The van der Waals surface area contributed by atoms with E-state index in [0.29, 0.717) is 5.92 Å². The molecular formula is C14H32. The lowest BCUT2D eigenvalue weighted by molar-refractivity contribution is 0.773. The third-order valence-electron chi connectivity index (χ3n) is 0.986. The van der Waals surface area contributed by atoms with Crippen LogP contribution < -0.4 is 0 Å². The van der Waals surface area contributed by atoms with E-state index in [-0.39, 0.29) is 0 Å². The molecule has 88 valence electrons. The molecule has 0 aromatic carbocycles. The highest BCUT2D eigenvalue weighted by Gasteiger charge is 1.87. The van der Waals surface area contributed by atoms with E-state index >= 15 is 0 Å². The Balaban J connectivity index is -0.0000000546. The molecule has 0 aliphatic carbocycles. The SMILES string of the molecule is C=C(C)C.C=C(C)C(C)C.CC.CC. The molecule has 0 aromatic rings. The molecule has 0 bridgehead atoms. The highest BCUT2D eigenvalue weighted by molar-refractivity contribution is 4.90. The van der Waals surface area contributed by atoms with Gasteiger partial charge < -0.3 is 0 Å². The summed E-state index contributed by atoms with van der Waals surface area (Å²) in [5, 5.41) is 0. The largest absolute Gasteiger partial charge is 0.100 e. The Kier molecular flexibility index (Phi) is 38.2. The molecule has 0 saturated heterocycles. The minimum atomic E-state index is 0.657. The average molecular weight is 200 g/mol. The van der Waals surface area contributed by atoms with Crippen LogP contribution in [-0.2, 0) is 0 Å². The van der Waals surface area contributed by atoms with Gasteiger partial charge in [-0.05, 0) is 26.7 Å². The number of allylic oxidation sites excluding steroid dienone is 2. The first-order chi connectivity index (χ1) is 6.37. The van der Waals surface area contributed by atoms with Gasteiger partial charge in [-0.3, -0.25) is 0 Å². The Labute approximate surface area is 93.1 Å². The van der Waals surface area contributed by atoms with Crippen molar-refractivity contribution < 1.29 is 0 Å². The van der Waals surface area contributed by atoms with Crippen LogP contribution in [0.15, 0.2) is 24.3 Å². The van der Waals surface area contributed by atoms with Gasteiger partial charge in [0.2, 0.25) is 0 Å². The third kappa shape index (κ3) is 104. The van der Waals surface area contributed by atoms with Gasteiger partial charge >= 0.3 is 0 Å². The van der Waals surface area contributed by atoms with E-state index in [0.717, 1.165) is 0 Å². The lowest BCUT2D eigenvalue weighted by Gasteiger charge is -1.97. The second-order valence-electron chi connectivity index (χ2n) is 3.21. The molecule has 0 saturated carbocycles. The zero-order chi connectivity index (χ0) is 12.7. The fourth-order valence-electron chi connectivity index (χ4n) is 0. The molecule has 0 fully saturated rings. The summed E-state index contributed by atoms with van der Waals surface area (Å²) in [6.07, 6.45) is 0. The van der Waals surface area contributed by atoms with Crippen molar-refractivity contribution in [3.63, 3.8) is 0 Å². The normalized spacial score (nSPS) is 6.71. The molecule has 0 atom stereocenters. The zero-order valence-corrected chi connectivity index (χ0v) is 12.0. The van der Waals surface area contributed by atoms with E-state index in [2.05, 4.69) is 27.0 Å². The fourth-order valence-corrected chi connectivity index (χ4v) is 0. The topological polar surface area (TPSA) is 0 Å². The van der Waals surface area contributed by atoms with Gasteiger partial charge in [-0.15, -0.1) is 6.58 Å². The van der Waals surface area contributed by atoms with E-state index in [1.807, 2.05) is 48.5 Å². The smallest absolute Gasteiger partial charge is 0.0266 e. The summed E-state index contributed by atoms with van der Waals surface area (Å²) in [7, 11) is 0. The molecule has 0 rings (SSSR count). The van der Waals surface area contributed by atoms with Gasteiger partial charge in [-0.25, -0.2) is 0 Å².